The van der Waals surface area contributed by atoms with Gasteiger partial charge >= 0.3 is 0 Å². The van der Waals surface area contributed by atoms with E-state index >= 15 is 0 Å². The summed E-state index contributed by atoms with van der Waals surface area (Å²) in [7, 11) is 2.06. The Morgan fingerprint density at radius 1 is 1.25 bits per heavy atom. The minimum absolute atomic E-state index is 0.522. The third-order valence-electron chi connectivity index (χ3n) is 3.83. The minimum atomic E-state index is 0.522. The lowest BCUT2D eigenvalue weighted by Gasteiger charge is -2.36. The molecule has 3 rings (SSSR count). The molecule has 0 spiro atoms. The molecule has 0 aliphatic carbocycles. The van der Waals surface area contributed by atoms with Crippen LogP contribution < -0.4 is 16.0 Å². The lowest BCUT2D eigenvalue weighted by Crippen LogP contribution is -2.56. The highest BCUT2D eigenvalue weighted by atomic mass is 15.3. The van der Waals surface area contributed by atoms with Gasteiger partial charge < -0.3 is 16.0 Å². The number of nitrogen functional groups attached to an aromatic ring is 1. The molecule has 1 aliphatic heterocycles. The zero-order valence-corrected chi connectivity index (χ0v) is 11.8. The van der Waals surface area contributed by atoms with Gasteiger partial charge in [-0.25, -0.2) is 4.98 Å². The first-order chi connectivity index (χ1) is 9.65. The molecule has 2 heterocycles. The van der Waals surface area contributed by atoms with Crippen molar-refractivity contribution in [2.24, 2.45) is 0 Å². The van der Waals surface area contributed by atoms with Gasteiger partial charge in [0.15, 0.2) is 0 Å². The number of nitrogens with one attached hydrogen (secondary N) is 1. The highest BCUT2D eigenvalue weighted by Gasteiger charge is 2.22. The van der Waals surface area contributed by atoms with Crippen molar-refractivity contribution in [3.8, 4) is 11.3 Å². The summed E-state index contributed by atoms with van der Waals surface area (Å²) in [6, 6.07) is 6.36. The molecule has 0 saturated carbocycles. The molecule has 1 aromatic heterocycles. The molecule has 1 aromatic carbocycles. The number of likely N-dealkylation sites (N-methyl/N-ethyl adjacent to an activating group) is 1. The Morgan fingerprint density at radius 2 is 2.05 bits per heavy atom. The Balaban J connectivity index is 1.85. The third kappa shape index (κ3) is 2.32. The lowest BCUT2D eigenvalue weighted by molar-refractivity contribution is 0.426. The number of nitrogens with zero attached hydrogens (tertiary/aromatic N) is 3. The molecule has 2 aromatic rings. The summed E-state index contributed by atoms with van der Waals surface area (Å²) >= 11 is 0. The van der Waals surface area contributed by atoms with Crippen molar-refractivity contribution in [1.82, 2.24) is 15.3 Å². The van der Waals surface area contributed by atoms with E-state index in [4.69, 9.17) is 5.73 Å². The second-order valence-corrected chi connectivity index (χ2v) is 5.26. The van der Waals surface area contributed by atoms with E-state index in [1.165, 1.54) is 0 Å². The maximum atomic E-state index is 5.78. The van der Waals surface area contributed by atoms with Crippen molar-refractivity contribution in [3.05, 3.63) is 36.2 Å². The first kappa shape index (κ1) is 12.9. The SMILES string of the molecule is Cc1cc(N)ccc1-c1cnc(N(C)C2CNC2)cn1. The summed E-state index contributed by atoms with van der Waals surface area (Å²) in [5, 5.41) is 3.26. The fourth-order valence-electron chi connectivity index (χ4n) is 2.35. The molecule has 1 aliphatic rings. The first-order valence-electron chi connectivity index (χ1n) is 6.77. The Kier molecular flexibility index (Phi) is 3.28. The van der Waals surface area contributed by atoms with Crippen LogP contribution in [0, 0.1) is 6.92 Å². The summed E-state index contributed by atoms with van der Waals surface area (Å²) in [5.41, 5.74) is 9.62. The molecule has 5 heteroatoms. The topological polar surface area (TPSA) is 67.1 Å². The van der Waals surface area contributed by atoms with Gasteiger partial charge in [-0.1, -0.05) is 6.07 Å². The molecule has 104 valence electrons. The zero-order valence-electron chi connectivity index (χ0n) is 11.8. The molecule has 1 fully saturated rings. The van der Waals surface area contributed by atoms with Gasteiger partial charge in [-0.05, 0) is 24.6 Å². The number of anilines is 2. The van der Waals surface area contributed by atoms with Gasteiger partial charge in [-0.15, -0.1) is 0 Å². The summed E-state index contributed by atoms with van der Waals surface area (Å²) < 4.78 is 0. The fourth-order valence-corrected chi connectivity index (χ4v) is 2.35. The Labute approximate surface area is 118 Å². The summed E-state index contributed by atoms with van der Waals surface area (Å²) in [4.78, 5) is 11.2. The molecular weight excluding hydrogens is 250 g/mol. The second-order valence-electron chi connectivity index (χ2n) is 5.26. The van der Waals surface area contributed by atoms with Crippen LogP contribution in [0.4, 0.5) is 11.5 Å². The van der Waals surface area contributed by atoms with E-state index in [9.17, 15) is 0 Å². The number of benzene rings is 1. The van der Waals surface area contributed by atoms with Gasteiger partial charge in [0.25, 0.3) is 0 Å². The highest BCUT2D eigenvalue weighted by Crippen LogP contribution is 2.24. The van der Waals surface area contributed by atoms with Gasteiger partial charge in [0.05, 0.1) is 24.1 Å². The Bertz CT molecular complexity index is 604. The summed E-state index contributed by atoms with van der Waals surface area (Å²) in [6.45, 7) is 4.06. The van der Waals surface area contributed by atoms with Crippen LogP contribution in [-0.2, 0) is 0 Å². The van der Waals surface area contributed by atoms with Gasteiger partial charge in [-0.2, -0.15) is 0 Å². The van der Waals surface area contributed by atoms with Crippen molar-refractivity contribution < 1.29 is 0 Å². The third-order valence-corrected chi connectivity index (χ3v) is 3.83. The average Bonchev–Trinajstić information content (AvgIpc) is 2.37. The molecule has 20 heavy (non-hydrogen) atoms. The van der Waals surface area contributed by atoms with Gasteiger partial charge in [0.2, 0.25) is 0 Å². The van der Waals surface area contributed by atoms with Crippen LogP contribution in [0.5, 0.6) is 0 Å². The van der Waals surface area contributed by atoms with Crippen LogP contribution in [0.3, 0.4) is 0 Å². The van der Waals surface area contributed by atoms with E-state index < -0.39 is 0 Å². The van der Waals surface area contributed by atoms with E-state index in [0.29, 0.717) is 6.04 Å². The smallest absolute Gasteiger partial charge is 0.147 e. The number of hydrogen-bond acceptors (Lipinski definition) is 5. The first-order valence-corrected chi connectivity index (χ1v) is 6.77. The predicted molar refractivity (Wildman–Crippen MR) is 81.7 cm³/mol. The fraction of sp³-hybridized carbons (Fsp3) is 0.333. The molecule has 0 amide bonds. The van der Waals surface area contributed by atoms with Crippen molar-refractivity contribution in [2.75, 3.05) is 30.8 Å². The zero-order chi connectivity index (χ0) is 14.1. The normalized spacial score (nSPS) is 14.9. The molecule has 0 unspecified atom stereocenters. The monoisotopic (exact) mass is 269 g/mol. The standard InChI is InChI=1S/C15H19N5/c1-10-5-11(16)3-4-13(10)14-8-19-15(9-18-14)20(2)12-6-17-7-12/h3-5,8-9,12,17H,6-7,16H2,1-2H3. The quantitative estimate of drug-likeness (QED) is 0.825. The maximum absolute atomic E-state index is 5.78. The lowest BCUT2D eigenvalue weighted by atomic mass is 10.1. The Hall–Kier alpha value is -2.14. The molecule has 5 nitrogen and oxygen atoms in total. The van der Waals surface area contributed by atoms with E-state index in [0.717, 1.165) is 41.4 Å². The molecule has 0 atom stereocenters. The number of aryl methyl sites for hydroxylation is 1. The molecule has 3 N–H and O–H groups in total. The second kappa shape index (κ2) is 5.09. The van der Waals surface area contributed by atoms with Gasteiger partial charge in [-0.3, -0.25) is 4.98 Å². The average molecular weight is 269 g/mol. The Morgan fingerprint density at radius 3 is 2.60 bits per heavy atom. The van der Waals surface area contributed by atoms with E-state index in [1.807, 2.05) is 37.5 Å². The van der Waals surface area contributed by atoms with Crippen LogP contribution in [0.15, 0.2) is 30.6 Å². The number of hydrogen-bond donors (Lipinski definition) is 2. The van der Waals surface area contributed by atoms with Gasteiger partial charge in [0.1, 0.15) is 5.82 Å². The van der Waals surface area contributed by atoms with Crippen LogP contribution >= 0.6 is 0 Å². The van der Waals surface area contributed by atoms with E-state index in [-0.39, 0.29) is 0 Å². The van der Waals surface area contributed by atoms with Crippen molar-refractivity contribution >= 4 is 11.5 Å². The van der Waals surface area contributed by atoms with Crippen molar-refractivity contribution in [2.45, 2.75) is 13.0 Å². The summed E-state index contributed by atoms with van der Waals surface area (Å²) in [6.07, 6.45) is 3.67. The predicted octanol–water partition coefficient (Wildman–Crippen LogP) is 1.44. The number of rotatable bonds is 3. The van der Waals surface area contributed by atoms with Crippen LogP contribution in [-0.4, -0.2) is 36.1 Å². The van der Waals surface area contributed by atoms with E-state index in [1.54, 1.807) is 0 Å². The molecule has 0 radical (unpaired) electrons. The number of aromatic nitrogens is 2. The van der Waals surface area contributed by atoms with Crippen LogP contribution in [0.2, 0.25) is 0 Å². The van der Waals surface area contributed by atoms with Crippen molar-refractivity contribution in [3.63, 3.8) is 0 Å². The van der Waals surface area contributed by atoms with E-state index in [2.05, 4.69) is 27.2 Å². The van der Waals surface area contributed by atoms with Gasteiger partial charge in [0, 0.05) is 31.4 Å². The largest absolute Gasteiger partial charge is 0.399 e. The van der Waals surface area contributed by atoms with Crippen LogP contribution in [0.1, 0.15) is 5.56 Å². The highest BCUT2D eigenvalue weighted by molar-refractivity contribution is 5.66. The number of nitrogens with two attached hydrogens (primary N) is 1. The minimum Gasteiger partial charge on any atom is -0.399 e. The van der Waals surface area contributed by atoms with Crippen LogP contribution in [0.25, 0.3) is 11.3 Å². The maximum Gasteiger partial charge on any atom is 0.147 e. The van der Waals surface area contributed by atoms with Crippen molar-refractivity contribution in [1.29, 1.82) is 0 Å². The molecular formula is C15H19N5. The summed E-state index contributed by atoms with van der Waals surface area (Å²) in [5.74, 6) is 0.911. The molecule has 0 bridgehead atoms. The molecule has 1 saturated heterocycles.